The molecule has 146 valence electrons. The summed E-state index contributed by atoms with van der Waals surface area (Å²) in [7, 11) is 0. The van der Waals surface area contributed by atoms with Crippen molar-refractivity contribution < 1.29 is 19.7 Å². The molecule has 0 bridgehead atoms. The summed E-state index contributed by atoms with van der Waals surface area (Å²) in [6, 6.07) is 0. The molecule has 4 fully saturated rings. The maximum absolute atomic E-state index is 11.7. The van der Waals surface area contributed by atoms with Crippen LogP contribution in [0.1, 0.15) is 65.7 Å². The Labute approximate surface area is 156 Å². The second-order valence-electron chi connectivity index (χ2n) is 10.3. The summed E-state index contributed by atoms with van der Waals surface area (Å²) in [5.41, 5.74) is 2.12. The molecule has 1 saturated heterocycles. The van der Waals surface area contributed by atoms with E-state index in [1.165, 1.54) is 11.1 Å². The van der Waals surface area contributed by atoms with E-state index in [1.54, 1.807) is 0 Å². The second-order valence-corrected chi connectivity index (χ2v) is 10.3. The van der Waals surface area contributed by atoms with E-state index < -0.39 is 11.4 Å². The molecule has 0 aromatic heterocycles. The molecule has 1 heterocycles. The van der Waals surface area contributed by atoms with Gasteiger partial charge in [0.1, 0.15) is 0 Å². The Morgan fingerprint density at radius 1 is 1.08 bits per heavy atom. The van der Waals surface area contributed by atoms with E-state index >= 15 is 0 Å². The molecule has 1 spiro atoms. The minimum Gasteiger partial charge on any atom is -0.393 e. The molecule has 2 N–H and O–H groups in total. The van der Waals surface area contributed by atoms with Crippen molar-refractivity contribution >= 4 is 0 Å². The standard InChI is InChI=1S/C22H34O4/c1-13-10-20(3)15(4-5-17(20)23)18-14(2)11-21(24)12-22(25-8-9-26-22)7-6-16(21)19(13)18/h13-15,17-18,23-24H,4-12H2,1-3H3/t13?,14-,15?,17?,18?,20+,21?/m1/s1. The lowest BCUT2D eigenvalue weighted by Crippen LogP contribution is -2.55. The van der Waals surface area contributed by atoms with Crippen LogP contribution in [0.15, 0.2) is 11.1 Å². The summed E-state index contributed by atoms with van der Waals surface area (Å²) < 4.78 is 11.9. The number of hydrogen-bond donors (Lipinski definition) is 2. The third kappa shape index (κ3) is 2.22. The fourth-order valence-corrected chi connectivity index (χ4v) is 7.84. The first-order valence-electron chi connectivity index (χ1n) is 10.7. The predicted molar refractivity (Wildman–Crippen MR) is 98.4 cm³/mol. The average Bonchev–Trinajstić information content (AvgIpc) is 3.12. The van der Waals surface area contributed by atoms with Gasteiger partial charge in [0, 0.05) is 12.8 Å². The van der Waals surface area contributed by atoms with Crippen molar-refractivity contribution in [2.45, 2.75) is 83.2 Å². The zero-order valence-corrected chi connectivity index (χ0v) is 16.5. The van der Waals surface area contributed by atoms with E-state index in [4.69, 9.17) is 9.47 Å². The summed E-state index contributed by atoms with van der Waals surface area (Å²) in [6.45, 7) is 8.26. The minimum absolute atomic E-state index is 0.0470. The molecule has 3 saturated carbocycles. The third-order valence-electron chi connectivity index (χ3n) is 8.74. The Morgan fingerprint density at radius 3 is 2.54 bits per heavy atom. The van der Waals surface area contributed by atoms with Crippen molar-refractivity contribution in [1.82, 2.24) is 0 Å². The lowest BCUT2D eigenvalue weighted by molar-refractivity contribution is -0.210. The molecule has 5 aliphatic rings. The van der Waals surface area contributed by atoms with Crippen LogP contribution in [0.25, 0.3) is 0 Å². The monoisotopic (exact) mass is 362 g/mol. The van der Waals surface area contributed by atoms with E-state index in [9.17, 15) is 10.2 Å². The molecule has 7 atom stereocenters. The normalized spacial score (nSPS) is 52.7. The highest BCUT2D eigenvalue weighted by Crippen LogP contribution is 2.64. The van der Waals surface area contributed by atoms with Gasteiger partial charge >= 0.3 is 0 Å². The number of rotatable bonds is 0. The van der Waals surface area contributed by atoms with Gasteiger partial charge < -0.3 is 19.7 Å². The fourth-order valence-electron chi connectivity index (χ4n) is 7.84. The predicted octanol–water partition coefficient (Wildman–Crippen LogP) is 3.41. The van der Waals surface area contributed by atoms with Crippen molar-refractivity contribution in [2.75, 3.05) is 13.2 Å². The SMILES string of the molecule is CC1C[C@]2(C)C(O)CCC2C2C1=C1CCC3(CC1(O)C[C@H]2C)OCCO3. The minimum atomic E-state index is -0.771. The van der Waals surface area contributed by atoms with E-state index in [-0.39, 0.29) is 11.5 Å². The number of ether oxygens (including phenoxy) is 2. The third-order valence-corrected chi connectivity index (χ3v) is 8.74. The molecule has 4 nitrogen and oxygen atoms in total. The first-order valence-corrected chi connectivity index (χ1v) is 10.7. The molecule has 26 heavy (non-hydrogen) atoms. The molecule has 0 aromatic rings. The van der Waals surface area contributed by atoms with Crippen LogP contribution in [0.5, 0.6) is 0 Å². The van der Waals surface area contributed by atoms with Crippen molar-refractivity contribution in [3.05, 3.63) is 11.1 Å². The first-order chi connectivity index (χ1) is 12.3. The quantitative estimate of drug-likeness (QED) is 0.648. The number of hydrogen-bond acceptors (Lipinski definition) is 4. The largest absolute Gasteiger partial charge is 0.393 e. The van der Waals surface area contributed by atoms with Gasteiger partial charge in [-0.1, -0.05) is 26.3 Å². The van der Waals surface area contributed by atoms with Crippen LogP contribution in [-0.4, -0.2) is 40.9 Å². The summed E-state index contributed by atoms with van der Waals surface area (Å²) >= 11 is 0. The molecule has 0 radical (unpaired) electrons. The summed E-state index contributed by atoms with van der Waals surface area (Å²) in [6.07, 6.45) is 6.12. The topological polar surface area (TPSA) is 58.9 Å². The van der Waals surface area contributed by atoms with Crippen LogP contribution < -0.4 is 0 Å². The van der Waals surface area contributed by atoms with Crippen LogP contribution in [0.3, 0.4) is 0 Å². The van der Waals surface area contributed by atoms with Gasteiger partial charge in [0.2, 0.25) is 0 Å². The van der Waals surface area contributed by atoms with E-state index in [0.29, 0.717) is 43.3 Å². The maximum atomic E-state index is 11.7. The van der Waals surface area contributed by atoms with Gasteiger partial charge in [-0.3, -0.25) is 0 Å². The van der Waals surface area contributed by atoms with Crippen molar-refractivity contribution in [2.24, 2.45) is 29.1 Å². The van der Waals surface area contributed by atoms with E-state index in [1.807, 2.05) is 0 Å². The Kier molecular flexibility index (Phi) is 3.78. The van der Waals surface area contributed by atoms with Crippen LogP contribution >= 0.6 is 0 Å². The highest BCUT2D eigenvalue weighted by Gasteiger charge is 2.61. The Hall–Kier alpha value is -0.420. The van der Waals surface area contributed by atoms with Crippen LogP contribution in [0.2, 0.25) is 0 Å². The fraction of sp³-hybridized carbons (Fsp3) is 0.909. The van der Waals surface area contributed by atoms with Crippen molar-refractivity contribution in [3.63, 3.8) is 0 Å². The van der Waals surface area contributed by atoms with Gasteiger partial charge in [0.05, 0.1) is 24.9 Å². The van der Waals surface area contributed by atoms with Crippen LogP contribution in [0.4, 0.5) is 0 Å². The van der Waals surface area contributed by atoms with Crippen molar-refractivity contribution in [3.8, 4) is 0 Å². The summed E-state index contributed by atoms with van der Waals surface area (Å²) in [4.78, 5) is 0. The molecule has 5 rings (SSSR count). The second kappa shape index (κ2) is 5.56. The number of aliphatic hydroxyl groups is 2. The van der Waals surface area contributed by atoms with Gasteiger partial charge in [-0.2, -0.15) is 0 Å². The molecular weight excluding hydrogens is 328 g/mol. The van der Waals surface area contributed by atoms with E-state index in [0.717, 1.165) is 38.5 Å². The number of aliphatic hydroxyl groups excluding tert-OH is 1. The molecule has 0 amide bonds. The van der Waals surface area contributed by atoms with Crippen LogP contribution in [-0.2, 0) is 9.47 Å². The lowest BCUT2D eigenvalue weighted by Gasteiger charge is -2.57. The molecule has 1 aliphatic heterocycles. The Balaban J connectivity index is 1.57. The number of allylic oxidation sites excluding steroid dienone is 1. The number of fused-ring (bicyclic) bond motifs is 4. The van der Waals surface area contributed by atoms with Crippen molar-refractivity contribution in [1.29, 1.82) is 0 Å². The molecule has 4 heteroatoms. The molecule has 5 unspecified atom stereocenters. The summed E-state index contributed by atoms with van der Waals surface area (Å²) in [5, 5.41) is 22.4. The summed E-state index contributed by atoms with van der Waals surface area (Å²) in [5.74, 6) is 1.41. The zero-order valence-electron chi connectivity index (χ0n) is 16.5. The maximum Gasteiger partial charge on any atom is 0.171 e. The highest BCUT2D eigenvalue weighted by molar-refractivity contribution is 5.37. The van der Waals surface area contributed by atoms with Gasteiger partial charge in [-0.25, -0.2) is 0 Å². The Morgan fingerprint density at radius 2 is 1.81 bits per heavy atom. The van der Waals surface area contributed by atoms with Gasteiger partial charge in [0.15, 0.2) is 5.79 Å². The van der Waals surface area contributed by atoms with Gasteiger partial charge in [0.25, 0.3) is 0 Å². The molecule has 0 aromatic carbocycles. The van der Waals surface area contributed by atoms with Gasteiger partial charge in [-0.15, -0.1) is 0 Å². The molecule has 4 aliphatic carbocycles. The smallest absolute Gasteiger partial charge is 0.171 e. The highest BCUT2D eigenvalue weighted by atomic mass is 16.7. The zero-order chi connectivity index (χ0) is 18.3. The van der Waals surface area contributed by atoms with Gasteiger partial charge in [-0.05, 0) is 66.8 Å². The Bertz CT molecular complexity index is 636. The first kappa shape index (κ1) is 17.7. The van der Waals surface area contributed by atoms with Crippen LogP contribution in [0, 0.1) is 29.1 Å². The van der Waals surface area contributed by atoms with E-state index in [2.05, 4.69) is 20.8 Å². The average molecular weight is 363 g/mol. The molecular formula is C22H34O4. The lowest BCUT2D eigenvalue weighted by atomic mass is 9.50.